The number of carbonyl (C=O) groups is 2. The Hall–Kier alpha value is -1.90. The first-order valence-corrected chi connectivity index (χ1v) is 4.14. The number of hydrogen-bond acceptors (Lipinski definition) is 3. The van der Waals surface area contributed by atoms with Crippen LogP contribution in [0, 0.1) is 0 Å². The summed E-state index contributed by atoms with van der Waals surface area (Å²) in [4.78, 5) is 21.3. The van der Waals surface area contributed by atoms with Gasteiger partial charge in [-0.1, -0.05) is 30.3 Å². The van der Waals surface area contributed by atoms with Crippen molar-refractivity contribution in [2.45, 2.75) is 6.92 Å². The van der Waals surface area contributed by atoms with E-state index in [0.717, 1.165) is 5.56 Å². The van der Waals surface area contributed by atoms with Gasteiger partial charge in [0.2, 0.25) is 0 Å². The lowest BCUT2D eigenvalue weighted by Crippen LogP contribution is -2.05. The molecule has 0 amide bonds. The van der Waals surface area contributed by atoms with Gasteiger partial charge in [-0.3, -0.25) is 4.79 Å². The van der Waals surface area contributed by atoms with Gasteiger partial charge in [0.25, 0.3) is 0 Å². The highest BCUT2D eigenvalue weighted by Gasteiger charge is 1.99. The number of carbonyl (C=O) groups excluding carboxylic acids is 2. The Kier molecular flexibility index (Phi) is 3.61. The smallest absolute Gasteiger partial charge is 0.338 e. The predicted octanol–water partition coefficient (Wildman–Crippen LogP) is 1.79. The van der Waals surface area contributed by atoms with Gasteiger partial charge < -0.3 is 4.74 Å². The van der Waals surface area contributed by atoms with Crippen molar-refractivity contribution < 1.29 is 14.3 Å². The first kappa shape index (κ1) is 10.2. The van der Waals surface area contributed by atoms with Crippen LogP contribution >= 0.6 is 0 Å². The molecule has 72 valence electrons. The minimum absolute atomic E-state index is 0.604. The number of esters is 2. The molecule has 0 saturated carbocycles. The molecule has 1 rings (SSSR count). The largest absolute Gasteiger partial charge is 0.390 e. The topological polar surface area (TPSA) is 43.4 Å². The zero-order chi connectivity index (χ0) is 10.4. The van der Waals surface area contributed by atoms with E-state index in [4.69, 9.17) is 0 Å². The van der Waals surface area contributed by atoms with Crippen molar-refractivity contribution in [1.29, 1.82) is 0 Å². The first-order chi connectivity index (χ1) is 6.68. The summed E-state index contributed by atoms with van der Waals surface area (Å²) in [6, 6.07) is 9.28. The highest BCUT2D eigenvalue weighted by molar-refractivity contribution is 5.94. The molecule has 0 aromatic heterocycles. The third-order valence-corrected chi connectivity index (χ3v) is 1.46. The van der Waals surface area contributed by atoms with Crippen LogP contribution in [0.4, 0.5) is 0 Å². The maximum Gasteiger partial charge on any atom is 0.338 e. The normalized spacial score (nSPS) is 10.1. The minimum Gasteiger partial charge on any atom is -0.390 e. The van der Waals surface area contributed by atoms with Crippen LogP contribution in [0.3, 0.4) is 0 Å². The molecular formula is C11H10O3. The quantitative estimate of drug-likeness (QED) is 0.405. The highest BCUT2D eigenvalue weighted by Crippen LogP contribution is 2.00. The van der Waals surface area contributed by atoms with Gasteiger partial charge in [0.1, 0.15) is 0 Å². The number of benzene rings is 1. The molecular weight excluding hydrogens is 180 g/mol. The molecule has 0 aliphatic rings. The molecule has 0 spiro atoms. The molecule has 0 fully saturated rings. The Bertz CT molecular complexity index is 352. The molecule has 14 heavy (non-hydrogen) atoms. The average Bonchev–Trinajstić information content (AvgIpc) is 2.15. The minimum atomic E-state index is -0.652. The van der Waals surface area contributed by atoms with E-state index in [1.807, 2.05) is 30.3 Å². The van der Waals surface area contributed by atoms with Gasteiger partial charge in [0, 0.05) is 13.0 Å². The zero-order valence-electron chi connectivity index (χ0n) is 7.77. The van der Waals surface area contributed by atoms with Crippen LogP contribution in [0.15, 0.2) is 36.4 Å². The third kappa shape index (κ3) is 3.67. The van der Waals surface area contributed by atoms with Crippen LogP contribution in [0.2, 0.25) is 0 Å². The van der Waals surface area contributed by atoms with Crippen LogP contribution in [0.25, 0.3) is 6.08 Å². The van der Waals surface area contributed by atoms with Crippen molar-refractivity contribution >= 4 is 18.0 Å². The second-order valence-corrected chi connectivity index (χ2v) is 2.66. The third-order valence-electron chi connectivity index (χ3n) is 1.46. The molecule has 3 heteroatoms. The van der Waals surface area contributed by atoms with Crippen molar-refractivity contribution in [1.82, 2.24) is 0 Å². The van der Waals surface area contributed by atoms with E-state index in [0.29, 0.717) is 0 Å². The fourth-order valence-electron chi connectivity index (χ4n) is 0.904. The Balaban J connectivity index is 2.56. The van der Waals surface area contributed by atoms with E-state index in [1.165, 1.54) is 13.0 Å². The second kappa shape index (κ2) is 4.97. The van der Waals surface area contributed by atoms with Crippen molar-refractivity contribution in [3.8, 4) is 0 Å². The summed E-state index contributed by atoms with van der Waals surface area (Å²) in [5.74, 6) is -1.26. The number of hydrogen-bond donors (Lipinski definition) is 0. The maximum atomic E-state index is 10.9. The molecule has 0 unspecified atom stereocenters. The molecule has 0 radical (unpaired) electrons. The first-order valence-electron chi connectivity index (χ1n) is 4.14. The summed E-state index contributed by atoms with van der Waals surface area (Å²) < 4.78 is 4.31. The van der Waals surface area contributed by atoms with Gasteiger partial charge in [-0.2, -0.15) is 0 Å². The lowest BCUT2D eigenvalue weighted by Gasteiger charge is -1.93. The molecule has 0 aliphatic carbocycles. The molecule has 0 saturated heterocycles. The Morgan fingerprint density at radius 3 is 2.43 bits per heavy atom. The van der Waals surface area contributed by atoms with E-state index in [2.05, 4.69) is 4.74 Å². The Morgan fingerprint density at radius 1 is 1.21 bits per heavy atom. The molecule has 0 bridgehead atoms. The molecule has 0 N–H and O–H groups in total. The molecule has 3 nitrogen and oxygen atoms in total. The zero-order valence-corrected chi connectivity index (χ0v) is 7.77. The van der Waals surface area contributed by atoms with Gasteiger partial charge in [-0.25, -0.2) is 4.79 Å². The maximum absolute atomic E-state index is 10.9. The van der Waals surface area contributed by atoms with Crippen LogP contribution < -0.4 is 0 Å². The van der Waals surface area contributed by atoms with Gasteiger partial charge in [-0.05, 0) is 11.6 Å². The van der Waals surface area contributed by atoms with Crippen molar-refractivity contribution in [2.75, 3.05) is 0 Å². The number of rotatable bonds is 2. The summed E-state index contributed by atoms with van der Waals surface area (Å²) in [5, 5.41) is 0. The standard InChI is InChI=1S/C11H10O3/c1-9(12)14-11(13)8-7-10-5-3-2-4-6-10/h2-8H,1H3/b8-7+. The monoisotopic (exact) mass is 190 g/mol. The van der Waals surface area contributed by atoms with Crippen LogP contribution in [0.5, 0.6) is 0 Å². The number of ether oxygens (including phenoxy) is 1. The van der Waals surface area contributed by atoms with Crippen molar-refractivity contribution in [3.63, 3.8) is 0 Å². The molecule has 1 aromatic rings. The molecule has 1 aromatic carbocycles. The van der Waals surface area contributed by atoms with Crippen LogP contribution in [-0.4, -0.2) is 11.9 Å². The summed E-state index contributed by atoms with van der Waals surface area (Å²) in [5.41, 5.74) is 0.882. The summed E-state index contributed by atoms with van der Waals surface area (Å²) >= 11 is 0. The van der Waals surface area contributed by atoms with Gasteiger partial charge >= 0.3 is 11.9 Å². The SMILES string of the molecule is CC(=O)OC(=O)/C=C/c1ccccc1. The summed E-state index contributed by atoms with van der Waals surface area (Å²) in [6.45, 7) is 1.19. The Labute approximate surface area is 82.0 Å². The molecule has 0 aliphatic heterocycles. The summed E-state index contributed by atoms with van der Waals surface area (Å²) in [7, 11) is 0. The van der Waals surface area contributed by atoms with E-state index in [1.54, 1.807) is 6.08 Å². The van der Waals surface area contributed by atoms with Gasteiger partial charge in [-0.15, -0.1) is 0 Å². The van der Waals surface area contributed by atoms with Gasteiger partial charge in [0.05, 0.1) is 0 Å². The lowest BCUT2D eigenvalue weighted by atomic mass is 10.2. The van der Waals surface area contributed by atoms with Crippen LogP contribution in [0.1, 0.15) is 12.5 Å². The highest BCUT2D eigenvalue weighted by atomic mass is 16.6. The van der Waals surface area contributed by atoms with E-state index in [9.17, 15) is 9.59 Å². The lowest BCUT2D eigenvalue weighted by molar-refractivity contribution is -0.154. The van der Waals surface area contributed by atoms with Crippen molar-refractivity contribution in [2.24, 2.45) is 0 Å². The van der Waals surface area contributed by atoms with Crippen LogP contribution in [-0.2, 0) is 14.3 Å². The van der Waals surface area contributed by atoms with E-state index in [-0.39, 0.29) is 0 Å². The fraction of sp³-hybridized carbons (Fsp3) is 0.0909. The fourth-order valence-corrected chi connectivity index (χ4v) is 0.904. The van der Waals surface area contributed by atoms with E-state index >= 15 is 0 Å². The molecule has 0 heterocycles. The summed E-state index contributed by atoms with van der Waals surface area (Å²) in [6.07, 6.45) is 2.81. The van der Waals surface area contributed by atoms with Gasteiger partial charge in [0.15, 0.2) is 0 Å². The second-order valence-electron chi connectivity index (χ2n) is 2.66. The van der Waals surface area contributed by atoms with E-state index < -0.39 is 11.9 Å². The average molecular weight is 190 g/mol. The predicted molar refractivity (Wildman–Crippen MR) is 52.2 cm³/mol. The van der Waals surface area contributed by atoms with Crippen molar-refractivity contribution in [3.05, 3.63) is 42.0 Å². The molecule has 0 atom stereocenters. The Morgan fingerprint density at radius 2 is 1.86 bits per heavy atom.